The molecule has 0 atom stereocenters. The summed E-state index contributed by atoms with van der Waals surface area (Å²) in [6, 6.07) is 19.3. The van der Waals surface area contributed by atoms with Gasteiger partial charge in [0.15, 0.2) is 0 Å². The maximum absolute atomic E-state index is 13.1. The van der Waals surface area contributed by atoms with Gasteiger partial charge in [-0.3, -0.25) is 4.79 Å². The summed E-state index contributed by atoms with van der Waals surface area (Å²) in [7, 11) is 3.28. The van der Waals surface area contributed by atoms with Gasteiger partial charge in [-0.05, 0) is 73.4 Å². The van der Waals surface area contributed by atoms with E-state index < -0.39 is 5.41 Å². The van der Waals surface area contributed by atoms with Crippen LogP contribution in [0, 0.1) is 6.92 Å². The SMILES string of the molecule is COc1ccc(-c2nc(NC(=O)C3(c4ccc(OC)cc4)CC3)ccc2C)cc1. The van der Waals surface area contributed by atoms with Crippen molar-refractivity contribution < 1.29 is 14.3 Å². The summed E-state index contributed by atoms with van der Waals surface area (Å²) in [5.74, 6) is 2.13. The Hall–Kier alpha value is -3.34. The molecular weight excluding hydrogens is 364 g/mol. The average molecular weight is 388 g/mol. The molecule has 1 N–H and O–H groups in total. The van der Waals surface area contributed by atoms with Crippen LogP contribution in [0.3, 0.4) is 0 Å². The molecule has 1 aliphatic rings. The first kappa shape index (κ1) is 19.0. The van der Waals surface area contributed by atoms with E-state index >= 15 is 0 Å². The smallest absolute Gasteiger partial charge is 0.236 e. The molecular formula is C24H24N2O3. The van der Waals surface area contributed by atoms with Crippen molar-refractivity contribution in [2.24, 2.45) is 0 Å². The van der Waals surface area contributed by atoms with Crippen molar-refractivity contribution in [1.29, 1.82) is 0 Å². The number of pyridine rings is 1. The first-order valence-electron chi connectivity index (χ1n) is 9.64. The van der Waals surface area contributed by atoms with Crippen LogP contribution in [0.2, 0.25) is 0 Å². The van der Waals surface area contributed by atoms with E-state index in [0.29, 0.717) is 5.82 Å². The summed E-state index contributed by atoms with van der Waals surface area (Å²) < 4.78 is 10.4. The normalized spacial score (nSPS) is 14.2. The second-order valence-electron chi connectivity index (χ2n) is 7.36. The monoisotopic (exact) mass is 388 g/mol. The number of aryl methyl sites for hydroxylation is 1. The van der Waals surface area contributed by atoms with Crippen LogP contribution in [-0.2, 0) is 10.2 Å². The Morgan fingerprint density at radius 3 is 2.03 bits per heavy atom. The van der Waals surface area contributed by atoms with Crippen molar-refractivity contribution in [3.63, 3.8) is 0 Å². The highest BCUT2D eigenvalue weighted by atomic mass is 16.5. The fourth-order valence-electron chi connectivity index (χ4n) is 3.56. The first-order valence-corrected chi connectivity index (χ1v) is 9.64. The average Bonchev–Trinajstić information content (AvgIpc) is 3.57. The van der Waals surface area contributed by atoms with Crippen molar-refractivity contribution in [2.75, 3.05) is 19.5 Å². The van der Waals surface area contributed by atoms with E-state index in [1.54, 1.807) is 14.2 Å². The molecule has 1 amide bonds. The number of nitrogens with one attached hydrogen (secondary N) is 1. The molecule has 148 valence electrons. The molecule has 0 saturated heterocycles. The van der Waals surface area contributed by atoms with E-state index in [1.165, 1.54) is 0 Å². The zero-order valence-electron chi connectivity index (χ0n) is 16.9. The van der Waals surface area contributed by atoms with Crippen molar-refractivity contribution in [2.45, 2.75) is 25.2 Å². The molecule has 4 rings (SSSR count). The van der Waals surface area contributed by atoms with Gasteiger partial charge in [0.25, 0.3) is 0 Å². The molecule has 3 aromatic rings. The molecule has 1 aromatic heterocycles. The van der Waals surface area contributed by atoms with Crippen LogP contribution >= 0.6 is 0 Å². The van der Waals surface area contributed by atoms with E-state index in [0.717, 1.165) is 46.7 Å². The van der Waals surface area contributed by atoms with Crippen molar-refractivity contribution in [3.05, 3.63) is 71.8 Å². The molecule has 1 aliphatic carbocycles. The Morgan fingerprint density at radius 2 is 1.48 bits per heavy atom. The number of rotatable bonds is 6. The van der Waals surface area contributed by atoms with Crippen LogP contribution < -0.4 is 14.8 Å². The van der Waals surface area contributed by atoms with Crippen molar-refractivity contribution >= 4 is 11.7 Å². The molecule has 0 unspecified atom stereocenters. The lowest BCUT2D eigenvalue weighted by molar-refractivity contribution is -0.118. The first-order chi connectivity index (χ1) is 14.1. The van der Waals surface area contributed by atoms with E-state index in [2.05, 4.69) is 5.32 Å². The number of carbonyl (C=O) groups excluding carboxylic acids is 1. The van der Waals surface area contributed by atoms with Gasteiger partial charge in [-0.15, -0.1) is 0 Å². The van der Waals surface area contributed by atoms with Crippen molar-refractivity contribution in [3.8, 4) is 22.8 Å². The van der Waals surface area contributed by atoms with E-state index in [-0.39, 0.29) is 5.91 Å². The van der Waals surface area contributed by atoms with Gasteiger partial charge in [-0.1, -0.05) is 18.2 Å². The summed E-state index contributed by atoms with van der Waals surface area (Å²) in [5, 5.41) is 3.03. The zero-order chi connectivity index (χ0) is 20.4. The quantitative estimate of drug-likeness (QED) is 0.662. The lowest BCUT2D eigenvalue weighted by Crippen LogP contribution is -2.28. The lowest BCUT2D eigenvalue weighted by atomic mass is 9.95. The molecule has 29 heavy (non-hydrogen) atoms. The summed E-state index contributed by atoms with van der Waals surface area (Å²) >= 11 is 0. The minimum atomic E-state index is -0.473. The van der Waals surface area contributed by atoms with Crippen LogP contribution in [0.4, 0.5) is 5.82 Å². The van der Waals surface area contributed by atoms with E-state index in [1.807, 2.05) is 67.6 Å². The number of carbonyl (C=O) groups is 1. The predicted octanol–water partition coefficient (Wildman–Crippen LogP) is 4.74. The largest absolute Gasteiger partial charge is 0.497 e. The van der Waals surface area contributed by atoms with E-state index in [9.17, 15) is 4.79 Å². The predicted molar refractivity (Wildman–Crippen MR) is 113 cm³/mol. The van der Waals surface area contributed by atoms with Crippen LogP contribution in [0.15, 0.2) is 60.7 Å². The maximum Gasteiger partial charge on any atom is 0.236 e. The number of ether oxygens (including phenoxy) is 2. The Bertz CT molecular complexity index is 1020. The van der Waals surface area contributed by atoms with Crippen LogP contribution in [0.1, 0.15) is 24.0 Å². The van der Waals surface area contributed by atoms with Gasteiger partial charge >= 0.3 is 0 Å². The van der Waals surface area contributed by atoms with Gasteiger partial charge in [0, 0.05) is 5.56 Å². The number of hydrogen-bond acceptors (Lipinski definition) is 4. The highest BCUT2D eigenvalue weighted by molar-refractivity contribution is 6.01. The number of hydrogen-bond donors (Lipinski definition) is 1. The van der Waals surface area contributed by atoms with Gasteiger partial charge in [-0.25, -0.2) is 4.98 Å². The fraction of sp³-hybridized carbons (Fsp3) is 0.250. The van der Waals surface area contributed by atoms with Crippen LogP contribution in [0.25, 0.3) is 11.3 Å². The summed E-state index contributed by atoms with van der Waals surface area (Å²) in [4.78, 5) is 17.8. The third-order valence-corrected chi connectivity index (χ3v) is 5.53. The molecule has 0 radical (unpaired) electrons. The number of aromatic nitrogens is 1. The molecule has 0 aliphatic heterocycles. The summed E-state index contributed by atoms with van der Waals surface area (Å²) in [6.07, 6.45) is 1.67. The maximum atomic E-state index is 13.1. The van der Waals surface area contributed by atoms with Gasteiger partial charge in [0.1, 0.15) is 17.3 Å². The third-order valence-electron chi connectivity index (χ3n) is 5.53. The highest BCUT2D eigenvalue weighted by Gasteiger charge is 2.51. The van der Waals surface area contributed by atoms with Crippen LogP contribution in [-0.4, -0.2) is 25.1 Å². The Balaban J connectivity index is 1.56. The third kappa shape index (κ3) is 3.68. The Labute approximate surface area is 170 Å². The number of nitrogens with zero attached hydrogens (tertiary/aromatic N) is 1. The van der Waals surface area contributed by atoms with Gasteiger partial charge in [-0.2, -0.15) is 0 Å². The number of amides is 1. The minimum absolute atomic E-state index is 0.0142. The second-order valence-corrected chi connectivity index (χ2v) is 7.36. The standard InChI is InChI=1S/C24H24N2O3/c1-16-4-13-21(25-22(16)17-5-9-19(28-2)10-6-17)26-23(27)24(14-15-24)18-7-11-20(29-3)12-8-18/h4-13H,14-15H2,1-3H3,(H,25,26,27). The number of anilines is 1. The van der Waals surface area contributed by atoms with Gasteiger partial charge < -0.3 is 14.8 Å². The molecule has 0 spiro atoms. The van der Waals surface area contributed by atoms with Crippen molar-refractivity contribution in [1.82, 2.24) is 4.98 Å². The highest BCUT2D eigenvalue weighted by Crippen LogP contribution is 2.49. The summed E-state index contributed by atoms with van der Waals surface area (Å²) in [6.45, 7) is 2.01. The molecule has 5 nitrogen and oxygen atoms in total. The van der Waals surface area contributed by atoms with Gasteiger partial charge in [0.2, 0.25) is 5.91 Å². The molecule has 2 aromatic carbocycles. The lowest BCUT2D eigenvalue weighted by Gasteiger charge is -2.17. The zero-order valence-corrected chi connectivity index (χ0v) is 16.9. The molecule has 1 fully saturated rings. The summed E-state index contributed by atoms with van der Waals surface area (Å²) in [5.41, 5.74) is 3.41. The minimum Gasteiger partial charge on any atom is -0.497 e. The molecule has 1 heterocycles. The fourth-order valence-corrected chi connectivity index (χ4v) is 3.56. The molecule has 5 heteroatoms. The van der Waals surface area contributed by atoms with E-state index in [4.69, 9.17) is 14.5 Å². The Morgan fingerprint density at radius 1 is 0.897 bits per heavy atom. The van der Waals surface area contributed by atoms with Crippen LogP contribution in [0.5, 0.6) is 11.5 Å². The molecule has 0 bridgehead atoms. The number of methoxy groups -OCH3 is 2. The van der Waals surface area contributed by atoms with Gasteiger partial charge in [0.05, 0.1) is 25.3 Å². The molecule has 1 saturated carbocycles. The topological polar surface area (TPSA) is 60.5 Å². The second kappa shape index (κ2) is 7.59. The Kier molecular flexibility index (Phi) is 4.97. The number of benzene rings is 2.